The number of carbonyl (C=O) groups is 1. The molecule has 6 nitrogen and oxygen atoms in total. The van der Waals surface area contributed by atoms with E-state index in [9.17, 15) is 13.2 Å². The molecule has 2 atom stereocenters. The van der Waals surface area contributed by atoms with Crippen LogP contribution in [-0.4, -0.2) is 67.5 Å². The van der Waals surface area contributed by atoms with Crippen LogP contribution in [0.15, 0.2) is 0 Å². The minimum absolute atomic E-state index is 0. The fraction of sp³-hybridized carbons (Fsp3) is 0.929. The lowest BCUT2D eigenvalue weighted by Gasteiger charge is -2.35. The van der Waals surface area contributed by atoms with E-state index in [1.54, 1.807) is 0 Å². The van der Waals surface area contributed by atoms with Crippen LogP contribution >= 0.6 is 12.4 Å². The highest BCUT2D eigenvalue weighted by Gasteiger charge is 2.40. The zero-order valence-corrected chi connectivity index (χ0v) is 15.1. The summed E-state index contributed by atoms with van der Waals surface area (Å²) in [5, 5.41) is 3.30. The Morgan fingerprint density at radius 3 is 2.68 bits per heavy atom. The van der Waals surface area contributed by atoms with Gasteiger partial charge in [-0.2, -0.15) is 4.31 Å². The van der Waals surface area contributed by atoms with E-state index in [2.05, 4.69) is 5.32 Å². The highest BCUT2D eigenvalue weighted by Crippen LogP contribution is 2.24. The van der Waals surface area contributed by atoms with E-state index in [1.807, 2.05) is 18.7 Å². The standard InChI is InChI=1S/C14H27N3O3S.ClH/c1-3-4-10-21(19,20)17-8-5-6-13(17)14(18)16-9-7-15-12(2)11-16;/h12-13,15H,3-11H2,1-2H3;1H. The van der Waals surface area contributed by atoms with Gasteiger partial charge in [0, 0.05) is 32.2 Å². The smallest absolute Gasteiger partial charge is 0.241 e. The molecule has 1 amide bonds. The molecule has 2 aliphatic rings. The average Bonchev–Trinajstić information content (AvgIpc) is 2.94. The summed E-state index contributed by atoms with van der Waals surface area (Å²) in [5.41, 5.74) is 0. The van der Waals surface area contributed by atoms with Gasteiger partial charge in [-0.05, 0) is 26.2 Å². The largest absolute Gasteiger partial charge is 0.338 e. The van der Waals surface area contributed by atoms with Crippen LogP contribution in [-0.2, 0) is 14.8 Å². The molecular weight excluding hydrogens is 326 g/mol. The van der Waals surface area contributed by atoms with E-state index in [1.165, 1.54) is 4.31 Å². The molecule has 0 aromatic rings. The first-order valence-corrected chi connectivity index (χ1v) is 9.58. The zero-order chi connectivity index (χ0) is 15.5. The number of carbonyl (C=O) groups excluding carboxylic acids is 1. The van der Waals surface area contributed by atoms with Crippen molar-refractivity contribution in [3.63, 3.8) is 0 Å². The molecule has 0 radical (unpaired) electrons. The fourth-order valence-electron chi connectivity index (χ4n) is 3.11. The molecule has 0 saturated carbocycles. The SMILES string of the molecule is CCCCS(=O)(=O)N1CCCC1C(=O)N1CCNC(C)C1.Cl. The number of nitrogens with one attached hydrogen (secondary N) is 1. The van der Waals surface area contributed by atoms with Crippen LogP contribution in [0.25, 0.3) is 0 Å². The molecule has 0 aromatic carbocycles. The summed E-state index contributed by atoms with van der Waals surface area (Å²) in [6.07, 6.45) is 2.94. The zero-order valence-electron chi connectivity index (χ0n) is 13.5. The second-order valence-corrected chi connectivity index (χ2v) is 8.12. The summed E-state index contributed by atoms with van der Waals surface area (Å²) in [6, 6.07) is -0.202. The van der Waals surface area contributed by atoms with Gasteiger partial charge in [-0.3, -0.25) is 4.79 Å². The third-order valence-corrected chi connectivity index (χ3v) is 6.24. The summed E-state index contributed by atoms with van der Waals surface area (Å²) in [7, 11) is -3.30. The van der Waals surface area contributed by atoms with Crippen LogP contribution in [0.5, 0.6) is 0 Å². The summed E-state index contributed by atoms with van der Waals surface area (Å²) < 4.78 is 26.2. The molecule has 22 heavy (non-hydrogen) atoms. The number of hydrogen-bond donors (Lipinski definition) is 1. The monoisotopic (exact) mass is 353 g/mol. The molecule has 0 bridgehead atoms. The van der Waals surface area contributed by atoms with Crippen molar-refractivity contribution < 1.29 is 13.2 Å². The first kappa shape index (κ1) is 19.7. The van der Waals surface area contributed by atoms with Gasteiger partial charge in [-0.1, -0.05) is 13.3 Å². The predicted octanol–water partition coefficient (Wildman–Crippen LogP) is 0.823. The Balaban J connectivity index is 0.00000242. The number of piperazine rings is 1. The van der Waals surface area contributed by atoms with Gasteiger partial charge in [0.2, 0.25) is 15.9 Å². The Morgan fingerprint density at radius 2 is 2.05 bits per heavy atom. The summed E-state index contributed by atoms with van der Waals surface area (Å²) in [6.45, 7) is 6.63. The van der Waals surface area contributed by atoms with Gasteiger partial charge in [0.05, 0.1) is 5.75 Å². The first-order chi connectivity index (χ1) is 9.95. The molecule has 2 heterocycles. The maximum Gasteiger partial charge on any atom is 0.241 e. The van der Waals surface area contributed by atoms with Gasteiger partial charge in [-0.25, -0.2) is 8.42 Å². The lowest BCUT2D eigenvalue weighted by atomic mass is 10.1. The molecule has 1 N–H and O–H groups in total. The lowest BCUT2D eigenvalue weighted by Crippen LogP contribution is -2.56. The first-order valence-electron chi connectivity index (χ1n) is 7.97. The van der Waals surface area contributed by atoms with Crippen molar-refractivity contribution in [2.24, 2.45) is 0 Å². The van der Waals surface area contributed by atoms with Crippen molar-refractivity contribution in [1.29, 1.82) is 0 Å². The van der Waals surface area contributed by atoms with E-state index in [0.717, 1.165) is 19.4 Å². The Hall–Kier alpha value is -0.370. The molecule has 2 rings (SSSR count). The van der Waals surface area contributed by atoms with Crippen LogP contribution in [0.4, 0.5) is 0 Å². The number of nitrogens with zero attached hydrogens (tertiary/aromatic N) is 2. The van der Waals surface area contributed by atoms with Crippen LogP contribution in [0.1, 0.15) is 39.5 Å². The van der Waals surface area contributed by atoms with Crippen LogP contribution < -0.4 is 5.32 Å². The number of hydrogen-bond acceptors (Lipinski definition) is 4. The Kier molecular flexibility index (Phi) is 7.58. The van der Waals surface area contributed by atoms with Gasteiger partial charge in [0.1, 0.15) is 6.04 Å². The van der Waals surface area contributed by atoms with Crippen LogP contribution in [0.3, 0.4) is 0 Å². The maximum atomic E-state index is 12.7. The Bertz CT molecular complexity index is 472. The fourth-order valence-corrected chi connectivity index (χ4v) is 4.99. The van der Waals surface area contributed by atoms with Crippen LogP contribution in [0, 0.1) is 0 Å². The number of amides is 1. The Morgan fingerprint density at radius 1 is 1.32 bits per heavy atom. The van der Waals surface area contributed by atoms with E-state index in [4.69, 9.17) is 0 Å². The number of halogens is 1. The second-order valence-electron chi connectivity index (χ2n) is 6.08. The van der Waals surface area contributed by atoms with Gasteiger partial charge in [-0.15, -0.1) is 12.4 Å². The molecular formula is C14H28ClN3O3S. The molecule has 130 valence electrons. The van der Waals surface area contributed by atoms with E-state index in [0.29, 0.717) is 32.5 Å². The Labute approximate surface area is 140 Å². The second kappa shape index (κ2) is 8.47. The summed E-state index contributed by atoms with van der Waals surface area (Å²) >= 11 is 0. The third kappa shape index (κ3) is 4.57. The van der Waals surface area contributed by atoms with Gasteiger partial charge in [0.25, 0.3) is 0 Å². The lowest BCUT2D eigenvalue weighted by molar-refractivity contribution is -0.135. The topological polar surface area (TPSA) is 69.7 Å². The molecule has 0 aromatic heterocycles. The van der Waals surface area contributed by atoms with Crippen molar-refractivity contribution in [2.45, 2.75) is 51.6 Å². The quantitative estimate of drug-likeness (QED) is 0.794. The van der Waals surface area contributed by atoms with Gasteiger partial charge < -0.3 is 10.2 Å². The average molecular weight is 354 g/mol. The van der Waals surface area contributed by atoms with Crippen molar-refractivity contribution in [1.82, 2.24) is 14.5 Å². The van der Waals surface area contributed by atoms with E-state index in [-0.39, 0.29) is 30.1 Å². The van der Waals surface area contributed by atoms with Crippen molar-refractivity contribution in [3.05, 3.63) is 0 Å². The van der Waals surface area contributed by atoms with Gasteiger partial charge in [0.15, 0.2) is 0 Å². The molecule has 0 spiro atoms. The molecule has 2 aliphatic heterocycles. The van der Waals surface area contributed by atoms with Crippen molar-refractivity contribution >= 4 is 28.3 Å². The predicted molar refractivity (Wildman–Crippen MR) is 89.7 cm³/mol. The number of rotatable bonds is 5. The summed E-state index contributed by atoms with van der Waals surface area (Å²) in [5.74, 6) is 0.145. The van der Waals surface area contributed by atoms with Crippen LogP contribution in [0.2, 0.25) is 0 Å². The molecule has 2 fully saturated rings. The minimum atomic E-state index is -3.30. The molecule has 8 heteroatoms. The highest BCUT2D eigenvalue weighted by atomic mass is 35.5. The van der Waals surface area contributed by atoms with Crippen molar-refractivity contribution in [2.75, 3.05) is 31.9 Å². The molecule has 2 saturated heterocycles. The number of sulfonamides is 1. The summed E-state index contributed by atoms with van der Waals surface area (Å²) in [4.78, 5) is 14.5. The number of unbranched alkanes of at least 4 members (excludes halogenated alkanes) is 1. The highest BCUT2D eigenvalue weighted by molar-refractivity contribution is 7.89. The third-order valence-electron chi connectivity index (χ3n) is 4.28. The van der Waals surface area contributed by atoms with Crippen molar-refractivity contribution in [3.8, 4) is 0 Å². The van der Waals surface area contributed by atoms with E-state index < -0.39 is 16.1 Å². The normalized spacial score (nSPS) is 26.7. The maximum absolute atomic E-state index is 12.7. The molecule has 0 aliphatic carbocycles. The van der Waals surface area contributed by atoms with Gasteiger partial charge >= 0.3 is 0 Å². The van der Waals surface area contributed by atoms with E-state index >= 15 is 0 Å². The molecule has 2 unspecified atom stereocenters. The minimum Gasteiger partial charge on any atom is -0.338 e.